The predicted molar refractivity (Wildman–Crippen MR) is 72.1 cm³/mol. The SMILES string of the molecule is Cc1[nH]ncc1CN[C@@H](c1cccs1)C(C)C. The molecule has 0 fully saturated rings. The second kappa shape index (κ2) is 5.47. The van der Waals surface area contributed by atoms with Crippen LogP contribution in [0.2, 0.25) is 0 Å². The molecule has 4 heteroatoms. The Kier molecular flexibility index (Phi) is 3.97. The van der Waals surface area contributed by atoms with Crippen molar-refractivity contribution in [3.8, 4) is 0 Å². The Labute approximate surface area is 106 Å². The number of rotatable bonds is 5. The van der Waals surface area contributed by atoms with E-state index < -0.39 is 0 Å². The number of H-pyrrole nitrogens is 1. The smallest absolute Gasteiger partial charge is 0.0535 e. The monoisotopic (exact) mass is 249 g/mol. The molecule has 0 aliphatic heterocycles. The summed E-state index contributed by atoms with van der Waals surface area (Å²) >= 11 is 1.81. The standard InChI is InChI=1S/C13H19N3S/c1-9(2)13(12-5-4-6-17-12)14-7-11-8-15-16-10(11)3/h4-6,8-9,13-14H,7H2,1-3H3,(H,15,16)/t13-/m1/s1. The van der Waals surface area contributed by atoms with Crippen LogP contribution in [0.1, 0.15) is 36.0 Å². The van der Waals surface area contributed by atoms with Crippen molar-refractivity contribution in [1.82, 2.24) is 15.5 Å². The van der Waals surface area contributed by atoms with Crippen LogP contribution in [-0.2, 0) is 6.54 Å². The summed E-state index contributed by atoms with van der Waals surface area (Å²) < 4.78 is 0. The molecule has 0 amide bonds. The van der Waals surface area contributed by atoms with Crippen LogP contribution in [0.25, 0.3) is 0 Å². The maximum absolute atomic E-state index is 4.04. The number of hydrogen-bond acceptors (Lipinski definition) is 3. The normalized spacial score (nSPS) is 13.2. The van der Waals surface area contributed by atoms with E-state index >= 15 is 0 Å². The van der Waals surface area contributed by atoms with Crippen LogP contribution in [-0.4, -0.2) is 10.2 Å². The van der Waals surface area contributed by atoms with E-state index in [-0.39, 0.29) is 0 Å². The second-order valence-corrected chi connectivity index (χ2v) is 5.62. The summed E-state index contributed by atoms with van der Waals surface area (Å²) in [6.45, 7) is 7.42. The molecule has 2 aromatic rings. The number of nitrogens with zero attached hydrogens (tertiary/aromatic N) is 1. The van der Waals surface area contributed by atoms with Crippen molar-refractivity contribution in [2.24, 2.45) is 5.92 Å². The Morgan fingerprint density at radius 3 is 2.82 bits per heavy atom. The highest BCUT2D eigenvalue weighted by atomic mass is 32.1. The van der Waals surface area contributed by atoms with Gasteiger partial charge >= 0.3 is 0 Å². The van der Waals surface area contributed by atoms with Crippen molar-refractivity contribution < 1.29 is 0 Å². The minimum Gasteiger partial charge on any atom is -0.305 e. The minimum absolute atomic E-state index is 0.421. The zero-order valence-corrected chi connectivity index (χ0v) is 11.3. The first-order chi connectivity index (χ1) is 8.18. The van der Waals surface area contributed by atoms with Crippen molar-refractivity contribution >= 4 is 11.3 Å². The van der Waals surface area contributed by atoms with Crippen molar-refractivity contribution in [3.05, 3.63) is 39.8 Å². The number of nitrogens with one attached hydrogen (secondary N) is 2. The number of hydrogen-bond donors (Lipinski definition) is 2. The molecule has 2 heterocycles. The highest BCUT2D eigenvalue weighted by molar-refractivity contribution is 7.10. The van der Waals surface area contributed by atoms with E-state index in [2.05, 4.69) is 53.8 Å². The van der Waals surface area contributed by atoms with Gasteiger partial charge in [-0.3, -0.25) is 5.10 Å². The predicted octanol–water partition coefficient (Wildman–Crippen LogP) is 3.27. The van der Waals surface area contributed by atoms with Gasteiger partial charge in [0.25, 0.3) is 0 Å². The average Bonchev–Trinajstić information content (AvgIpc) is 2.91. The summed E-state index contributed by atoms with van der Waals surface area (Å²) in [7, 11) is 0. The molecule has 0 radical (unpaired) electrons. The molecule has 0 saturated carbocycles. The van der Waals surface area contributed by atoms with Gasteiger partial charge in [0.2, 0.25) is 0 Å². The van der Waals surface area contributed by atoms with Gasteiger partial charge in [-0.15, -0.1) is 11.3 Å². The van der Waals surface area contributed by atoms with Gasteiger partial charge < -0.3 is 5.32 Å². The highest BCUT2D eigenvalue weighted by Crippen LogP contribution is 2.26. The number of aryl methyl sites for hydroxylation is 1. The van der Waals surface area contributed by atoms with Crippen molar-refractivity contribution in [2.75, 3.05) is 0 Å². The molecule has 2 rings (SSSR count). The van der Waals surface area contributed by atoms with Gasteiger partial charge in [-0.25, -0.2) is 0 Å². The third kappa shape index (κ3) is 2.96. The first-order valence-electron chi connectivity index (χ1n) is 5.94. The minimum atomic E-state index is 0.421. The van der Waals surface area contributed by atoms with E-state index in [0.717, 1.165) is 12.2 Å². The van der Waals surface area contributed by atoms with E-state index in [1.165, 1.54) is 10.4 Å². The lowest BCUT2D eigenvalue weighted by Crippen LogP contribution is -2.24. The van der Waals surface area contributed by atoms with Crippen LogP contribution < -0.4 is 5.32 Å². The number of aromatic amines is 1. The van der Waals surface area contributed by atoms with Gasteiger partial charge in [0.05, 0.1) is 6.20 Å². The third-order valence-electron chi connectivity index (χ3n) is 2.96. The molecule has 3 nitrogen and oxygen atoms in total. The Morgan fingerprint density at radius 1 is 1.47 bits per heavy atom. The number of aromatic nitrogens is 2. The molecule has 1 atom stereocenters. The van der Waals surface area contributed by atoms with Gasteiger partial charge in [-0.2, -0.15) is 5.10 Å². The lowest BCUT2D eigenvalue weighted by atomic mass is 10.0. The van der Waals surface area contributed by atoms with Crippen molar-refractivity contribution in [3.63, 3.8) is 0 Å². The molecular weight excluding hydrogens is 230 g/mol. The van der Waals surface area contributed by atoms with Gasteiger partial charge in [0.1, 0.15) is 0 Å². The summed E-state index contributed by atoms with van der Waals surface area (Å²) in [5.41, 5.74) is 2.39. The lowest BCUT2D eigenvalue weighted by Gasteiger charge is -2.21. The van der Waals surface area contributed by atoms with Crippen LogP contribution in [0.15, 0.2) is 23.7 Å². The molecule has 92 valence electrons. The number of thiophene rings is 1. The Balaban J connectivity index is 2.02. The van der Waals surface area contributed by atoms with Gasteiger partial charge in [0, 0.05) is 28.7 Å². The largest absolute Gasteiger partial charge is 0.305 e. The first kappa shape index (κ1) is 12.3. The lowest BCUT2D eigenvalue weighted by molar-refractivity contribution is 0.416. The van der Waals surface area contributed by atoms with Crippen molar-refractivity contribution in [2.45, 2.75) is 33.4 Å². The summed E-state index contributed by atoms with van der Waals surface area (Å²) in [6, 6.07) is 4.73. The van der Waals surface area contributed by atoms with E-state index in [0.29, 0.717) is 12.0 Å². The molecule has 0 aromatic carbocycles. The van der Waals surface area contributed by atoms with Crippen molar-refractivity contribution in [1.29, 1.82) is 0 Å². The highest BCUT2D eigenvalue weighted by Gasteiger charge is 2.16. The zero-order chi connectivity index (χ0) is 12.3. The first-order valence-corrected chi connectivity index (χ1v) is 6.82. The van der Waals surface area contributed by atoms with E-state index in [4.69, 9.17) is 0 Å². The fraction of sp³-hybridized carbons (Fsp3) is 0.462. The van der Waals surface area contributed by atoms with Crippen LogP contribution in [0.5, 0.6) is 0 Å². The van der Waals surface area contributed by atoms with E-state index in [1.807, 2.05) is 17.5 Å². The average molecular weight is 249 g/mol. The quantitative estimate of drug-likeness (QED) is 0.854. The summed E-state index contributed by atoms with van der Waals surface area (Å²) in [5.74, 6) is 0.584. The molecule has 0 spiro atoms. The topological polar surface area (TPSA) is 40.7 Å². The Hall–Kier alpha value is -1.13. The zero-order valence-electron chi connectivity index (χ0n) is 10.5. The molecule has 17 heavy (non-hydrogen) atoms. The maximum atomic E-state index is 4.04. The van der Waals surface area contributed by atoms with Gasteiger partial charge in [0.15, 0.2) is 0 Å². The summed E-state index contributed by atoms with van der Waals surface area (Å²) in [6.07, 6.45) is 1.90. The molecule has 2 aromatic heterocycles. The maximum Gasteiger partial charge on any atom is 0.0535 e. The van der Waals surface area contributed by atoms with E-state index in [1.54, 1.807) is 0 Å². The molecule has 0 aliphatic rings. The molecule has 0 aliphatic carbocycles. The molecule has 0 saturated heterocycles. The van der Waals surface area contributed by atoms with E-state index in [9.17, 15) is 0 Å². The van der Waals surface area contributed by atoms with Gasteiger partial charge in [-0.1, -0.05) is 19.9 Å². The molecule has 0 unspecified atom stereocenters. The molecule has 2 N–H and O–H groups in total. The summed E-state index contributed by atoms with van der Waals surface area (Å²) in [5, 5.41) is 12.8. The fourth-order valence-corrected chi connectivity index (χ4v) is 2.88. The molecular formula is C13H19N3S. The van der Waals surface area contributed by atoms with Crippen LogP contribution in [0, 0.1) is 12.8 Å². The van der Waals surface area contributed by atoms with Gasteiger partial charge in [-0.05, 0) is 24.3 Å². The van der Waals surface area contributed by atoms with Crippen LogP contribution in [0.4, 0.5) is 0 Å². The van der Waals surface area contributed by atoms with Crippen LogP contribution in [0.3, 0.4) is 0 Å². The Bertz CT molecular complexity index is 445. The third-order valence-corrected chi connectivity index (χ3v) is 3.92. The Morgan fingerprint density at radius 2 is 2.29 bits per heavy atom. The second-order valence-electron chi connectivity index (χ2n) is 4.64. The molecule has 0 bridgehead atoms. The van der Waals surface area contributed by atoms with Crippen LogP contribution >= 0.6 is 11.3 Å². The fourth-order valence-electron chi connectivity index (χ4n) is 1.91. The summed E-state index contributed by atoms with van der Waals surface area (Å²) in [4.78, 5) is 1.40.